The number of hydrogen-bond donors (Lipinski definition) is 1. The Morgan fingerprint density at radius 1 is 1.50 bits per heavy atom. The molecule has 16 heavy (non-hydrogen) atoms. The third-order valence-electron chi connectivity index (χ3n) is 2.40. The highest BCUT2D eigenvalue weighted by Crippen LogP contribution is 2.19. The minimum Gasteiger partial charge on any atom is -0.324 e. The topological polar surface area (TPSA) is 64.0 Å². The van der Waals surface area contributed by atoms with Crippen molar-refractivity contribution in [1.29, 1.82) is 0 Å². The van der Waals surface area contributed by atoms with Gasteiger partial charge in [0.1, 0.15) is 5.15 Å². The quantitative estimate of drug-likeness (QED) is 0.878. The lowest BCUT2D eigenvalue weighted by molar-refractivity contribution is 0.528. The van der Waals surface area contributed by atoms with Crippen LogP contribution in [0.25, 0.3) is 0 Å². The van der Waals surface area contributed by atoms with Crippen LogP contribution >= 0.6 is 11.6 Å². The van der Waals surface area contributed by atoms with Gasteiger partial charge in [0.2, 0.25) is 5.03 Å². The Hall–Kier alpha value is -0.590. The summed E-state index contributed by atoms with van der Waals surface area (Å²) in [4.78, 5) is 3.79. The first-order valence-corrected chi connectivity index (χ1v) is 6.97. The van der Waals surface area contributed by atoms with Crippen LogP contribution in [0.2, 0.25) is 5.15 Å². The molecule has 0 aliphatic heterocycles. The van der Waals surface area contributed by atoms with Gasteiger partial charge in [-0.2, -0.15) is 0 Å². The lowest BCUT2D eigenvalue weighted by Gasteiger charge is -2.13. The van der Waals surface area contributed by atoms with Crippen LogP contribution in [0.3, 0.4) is 0 Å². The highest BCUT2D eigenvalue weighted by atomic mass is 35.5. The standard InChI is InChI=1S/C9H16ClN3O2S/c1-4-7(5-2)12-16(14,15)9-8(10)13(3)6-11-9/h6-7,12H,4-5H2,1-3H3. The number of rotatable bonds is 5. The van der Waals surface area contributed by atoms with E-state index in [0.717, 1.165) is 12.8 Å². The van der Waals surface area contributed by atoms with Crippen LogP contribution < -0.4 is 4.72 Å². The van der Waals surface area contributed by atoms with Crippen molar-refractivity contribution < 1.29 is 8.42 Å². The van der Waals surface area contributed by atoms with Gasteiger partial charge in [-0.05, 0) is 12.8 Å². The summed E-state index contributed by atoms with van der Waals surface area (Å²) in [5.74, 6) is 0. The summed E-state index contributed by atoms with van der Waals surface area (Å²) in [5.41, 5.74) is 0. The molecule has 1 aromatic rings. The third kappa shape index (κ3) is 2.75. The van der Waals surface area contributed by atoms with Crippen LogP contribution in [0.4, 0.5) is 0 Å². The van der Waals surface area contributed by atoms with Crippen molar-refractivity contribution in [2.45, 2.75) is 37.8 Å². The van der Waals surface area contributed by atoms with E-state index in [0.29, 0.717) is 0 Å². The van der Waals surface area contributed by atoms with E-state index in [1.165, 1.54) is 10.9 Å². The van der Waals surface area contributed by atoms with E-state index in [9.17, 15) is 8.42 Å². The minimum absolute atomic E-state index is 0.0805. The summed E-state index contributed by atoms with van der Waals surface area (Å²) >= 11 is 5.84. The Balaban J connectivity index is 2.99. The maximum Gasteiger partial charge on any atom is 0.261 e. The fraction of sp³-hybridized carbons (Fsp3) is 0.667. The molecular weight excluding hydrogens is 250 g/mol. The van der Waals surface area contributed by atoms with Gasteiger partial charge in [-0.25, -0.2) is 18.1 Å². The van der Waals surface area contributed by atoms with Gasteiger partial charge in [-0.1, -0.05) is 25.4 Å². The average Bonchev–Trinajstić information content (AvgIpc) is 2.57. The van der Waals surface area contributed by atoms with Gasteiger partial charge in [0.15, 0.2) is 0 Å². The number of imidazole rings is 1. The highest BCUT2D eigenvalue weighted by molar-refractivity contribution is 7.89. The number of hydrogen-bond acceptors (Lipinski definition) is 3. The van der Waals surface area contributed by atoms with Crippen molar-refractivity contribution in [2.24, 2.45) is 7.05 Å². The molecule has 92 valence electrons. The predicted octanol–water partition coefficient (Wildman–Crippen LogP) is 1.54. The Labute approximate surface area is 101 Å². The van der Waals surface area contributed by atoms with Crippen LogP contribution in [0.5, 0.6) is 0 Å². The summed E-state index contributed by atoms with van der Waals surface area (Å²) in [6.45, 7) is 3.85. The molecule has 1 heterocycles. The first kappa shape index (κ1) is 13.5. The molecule has 0 saturated carbocycles. The summed E-state index contributed by atoms with van der Waals surface area (Å²) in [6, 6.07) is -0.0805. The monoisotopic (exact) mass is 265 g/mol. The SMILES string of the molecule is CCC(CC)NS(=O)(=O)c1ncn(C)c1Cl. The number of nitrogens with zero attached hydrogens (tertiary/aromatic N) is 2. The lowest BCUT2D eigenvalue weighted by atomic mass is 10.2. The second-order valence-corrected chi connectivity index (χ2v) is 5.57. The van der Waals surface area contributed by atoms with E-state index in [1.54, 1.807) is 7.05 Å². The van der Waals surface area contributed by atoms with Crippen LogP contribution in [0.15, 0.2) is 11.4 Å². The van der Waals surface area contributed by atoms with Gasteiger partial charge in [0, 0.05) is 13.1 Å². The molecule has 0 aromatic carbocycles. The van der Waals surface area contributed by atoms with E-state index < -0.39 is 10.0 Å². The molecule has 0 amide bonds. The molecule has 1 rings (SSSR count). The second kappa shape index (κ2) is 5.16. The van der Waals surface area contributed by atoms with Crippen molar-refractivity contribution in [3.63, 3.8) is 0 Å². The Kier molecular flexibility index (Phi) is 4.35. The second-order valence-electron chi connectivity index (χ2n) is 3.59. The molecule has 0 radical (unpaired) electrons. The summed E-state index contributed by atoms with van der Waals surface area (Å²) in [6.07, 6.45) is 2.85. The smallest absolute Gasteiger partial charge is 0.261 e. The van der Waals surface area contributed by atoms with Crippen LogP contribution in [-0.2, 0) is 17.1 Å². The Morgan fingerprint density at radius 3 is 2.44 bits per heavy atom. The molecule has 0 aliphatic carbocycles. The highest BCUT2D eigenvalue weighted by Gasteiger charge is 2.24. The van der Waals surface area contributed by atoms with Gasteiger partial charge in [0.05, 0.1) is 6.33 Å². The first-order valence-electron chi connectivity index (χ1n) is 5.11. The minimum atomic E-state index is -3.61. The zero-order valence-electron chi connectivity index (χ0n) is 9.57. The maximum atomic E-state index is 11.9. The van der Waals surface area contributed by atoms with Gasteiger partial charge >= 0.3 is 0 Å². The Morgan fingerprint density at radius 2 is 2.06 bits per heavy atom. The maximum absolute atomic E-state index is 11.9. The van der Waals surface area contributed by atoms with Crippen LogP contribution in [0.1, 0.15) is 26.7 Å². The summed E-state index contributed by atoms with van der Waals surface area (Å²) in [7, 11) is -1.96. The molecule has 7 heteroatoms. The summed E-state index contributed by atoms with van der Waals surface area (Å²) < 4.78 is 27.9. The molecule has 0 bridgehead atoms. The van der Waals surface area contributed by atoms with E-state index in [-0.39, 0.29) is 16.2 Å². The molecule has 1 aromatic heterocycles. The predicted molar refractivity (Wildman–Crippen MR) is 62.9 cm³/mol. The summed E-state index contributed by atoms with van der Waals surface area (Å²) in [5, 5.41) is 0.0158. The van der Waals surface area contributed by atoms with Crippen LogP contribution in [0, 0.1) is 0 Å². The normalized spacial score (nSPS) is 12.3. The van der Waals surface area contributed by atoms with Crippen molar-refractivity contribution >= 4 is 21.6 Å². The van der Waals surface area contributed by atoms with Crippen LogP contribution in [-0.4, -0.2) is 24.0 Å². The van der Waals surface area contributed by atoms with Crippen molar-refractivity contribution in [1.82, 2.24) is 14.3 Å². The van der Waals surface area contributed by atoms with E-state index in [2.05, 4.69) is 9.71 Å². The van der Waals surface area contributed by atoms with Gasteiger partial charge < -0.3 is 4.57 Å². The number of nitrogens with one attached hydrogen (secondary N) is 1. The van der Waals surface area contributed by atoms with Crippen molar-refractivity contribution in [3.8, 4) is 0 Å². The van der Waals surface area contributed by atoms with Gasteiger partial charge in [-0.3, -0.25) is 0 Å². The molecule has 0 aliphatic rings. The zero-order chi connectivity index (χ0) is 12.3. The Bertz CT molecular complexity index is 451. The first-order chi connectivity index (χ1) is 7.42. The van der Waals surface area contributed by atoms with E-state index in [1.807, 2.05) is 13.8 Å². The van der Waals surface area contributed by atoms with Gasteiger partial charge in [0.25, 0.3) is 10.0 Å². The van der Waals surface area contributed by atoms with E-state index >= 15 is 0 Å². The zero-order valence-corrected chi connectivity index (χ0v) is 11.1. The largest absolute Gasteiger partial charge is 0.324 e. The average molecular weight is 266 g/mol. The molecule has 0 unspecified atom stereocenters. The molecule has 1 N–H and O–H groups in total. The number of sulfonamides is 1. The number of aromatic nitrogens is 2. The molecule has 0 fully saturated rings. The molecule has 0 spiro atoms. The lowest BCUT2D eigenvalue weighted by Crippen LogP contribution is -2.34. The van der Waals surface area contributed by atoms with Crippen molar-refractivity contribution in [2.75, 3.05) is 0 Å². The molecule has 0 atom stereocenters. The number of aryl methyl sites for hydroxylation is 1. The van der Waals surface area contributed by atoms with E-state index in [4.69, 9.17) is 11.6 Å². The fourth-order valence-electron chi connectivity index (χ4n) is 1.30. The van der Waals surface area contributed by atoms with Crippen molar-refractivity contribution in [3.05, 3.63) is 11.5 Å². The third-order valence-corrected chi connectivity index (χ3v) is 4.41. The number of halogens is 1. The molecule has 5 nitrogen and oxygen atoms in total. The van der Waals surface area contributed by atoms with Gasteiger partial charge in [-0.15, -0.1) is 0 Å². The molecule has 0 saturated heterocycles. The molecular formula is C9H16ClN3O2S. The fourth-order valence-corrected chi connectivity index (χ4v) is 3.14.